The van der Waals surface area contributed by atoms with E-state index in [1.54, 1.807) is 0 Å². The lowest BCUT2D eigenvalue weighted by molar-refractivity contribution is 0.599. The SMILES string of the molecule is CC.CC(C)CNc1cc(F)ccc1F. The highest BCUT2D eigenvalue weighted by Gasteiger charge is 2.03. The molecule has 0 aliphatic carbocycles. The molecule has 0 spiro atoms. The van der Waals surface area contributed by atoms with Crippen molar-refractivity contribution in [3.05, 3.63) is 29.8 Å². The number of nitrogens with one attached hydrogen (secondary N) is 1. The zero-order valence-corrected chi connectivity index (χ0v) is 9.77. The molecule has 1 rings (SSSR count). The molecule has 0 aliphatic rings. The lowest BCUT2D eigenvalue weighted by Gasteiger charge is -2.09. The molecule has 1 aromatic rings. The second-order valence-corrected chi connectivity index (χ2v) is 3.40. The fraction of sp³-hybridized carbons (Fsp3) is 0.500. The van der Waals surface area contributed by atoms with Crippen molar-refractivity contribution in [2.45, 2.75) is 27.7 Å². The molecule has 0 radical (unpaired) electrons. The summed E-state index contributed by atoms with van der Waals surface area (Å²) in [4.78, 5) is 0. The summed E-state index contributed by atoms with van der Waals surface area (Å²) < 4.78 is 25.7. The molecule has 1 aromatic carbocycles. The lowest BCUT2D eigenvalue weighted by Crippen LogP contribution is -2.09. The average molecular weight is 215 g/mol. The predicted molar refractivity (Wildman–Crippen MR) is 61.0 cm³/mol. The Labute approximate surface area is 90.5 Å². The number of anilines is 1. The average Bonchev–Trinajstić information content (AvgIpc) is 2.22. The molecule has 0 atom stereocenters. The summed E-state index contributed by atoms with van der Waals surface area (Å²) >= 11 is 0. The van der Waals surface area contributed by atoms with Gasteiger partial charge < -0.3 is 5.32 Å². The Morgan fingerprint density at radius 3 is 2.33 bits per heavy atom. The van der Waals surface area contributed by atoms with Crippen LogP contribution in [0.5, 0.6) is 0 Å². The molecule has 0 heterocycles. The molecule has 0 bridgehead atoms. The summed E-state index contributed by atoms with van der Waals surface area (Å²) in [5, 5.41) is 2.84. The first kappa shape index (κ1) is 13.9. The van der Waals surface area contributed by atoms with Crippen molar-refractivity contribution in [2.75, 3.05) is 11.9 Å². The Morgan fingerprint density at radius 1 is 1.20 bits per heavy atom. The fourth-order valence-electron chi connectivity index (χ4n) is 0.947. The van der Waals surface area contributed by atoms with Crippen LogP contribution in [0.25, 0.3) is 0 Å². The standard InChI is InChI=1S/C10H13F2N.C2H6/c1-7(2)6-13-10-5-8(11)3-4-9(10)12;1-2/h3-5,7,13H,6H2,1-2H3;1-2H3. The molecule has 0 saturated heterocycles. The molecule has 86 valence electrons. The topological polar surface area (TPSA) is 12.0 Å². The smallest absolute Gasteiger partial charge is 0.146 e. The Kier molecular flexibility index (Phi) is 6.67. The molecular weight excluding hydrogens is 196 g/mol. The van der Waals surface area contributed by atoms with E-state index in [1.807, 2.05) is 27.7 Å². The normalized spacial score (nSPS) is 9.53. The summed E-state index contributed by atoms with van der Waals surface area (Å²) in [6.45, 7) is 8.65. The molecule has 1 N–H and O–H groups in total. The van der Waals surface area contributed by atoms with Gasteiger partial charge in [0.1, 0.15) is 11.6 Å². The Balaban J connectivity index is 0.000000921. The first-order chi connectivity index (χ1) is 7.09. The number of hydrogen-bond donors (Lipinski definition) is 1. The van der Waals surface area contributed by atoms with Crippen molar-refractivity contribution < 1.29 is 8.78 Å². The number of benzene rings is 1. The molecule has 15 heavy (non-hydrogen) atoms. The molecule has 3 heteroatoms. The molecule has 0 saturated carbocycles. The van der Waals surface area contributed by atoms with Gasteiger partial charge >= 0.3 is 0 Å². The molecule has 0 amide bonds. The molecular formula is C12H19F2N. The maximum Gasteiger partial charge on any atom is 0.146 e. The van der Waals surface area contributed by atoms with Gasteiger partial charge in [-0.1, -0.05) is 27.7 Å². The van der Waals surface area contributed by atoms with Crippen LogP contribution >= 0.6 is 0 Å². The van der Waals surface area contributed by atoms with E-state index in [1.165, 1.54) is 0 Å². The molecule has 0 aromatic heterocycles. The van der Waals surface area contributed by atoms with E-state index in [2.05, 4.69) is 5.32 Å². The van der Waals surface area contributed by atoms with Gasteiger partial charge in [-0.15, -0.1) is 0 Å². The van der Waals surface area contributed by atoms with Crippen LogP contribution in [0.4, 0.5) is 14.5 Å². The van der Waals surface area contributed by atoms with Crippen molar-refractivity contribution in [2.24, 2.45) is 5.92 Å². The number of rotatable bonds is 3. The third kappa shape index (κ3) is 5.35. The monoisotopic (exact) mass is 215 g/mol. The van der Waals surface area contributed by atoms with Gasteiger partial charge in [-0.05, 0) is 24.1 Å². The van der Waals surface area contributed by atoms with E-state index in [4.69, 9.17) is 0 Å². The van der Waals surface area contributed by atoms with Crippen molar-refractivity contribution in [3.63, 3.8) is 0 Å². The maximum absolute atomic E-state index is 13.0. The van der Waals surface area contributed by atoms with E-state index >= 15 is 0 Å². The van der Waals surface area contributed by atoms with Gasteiger partial charge in [-0.2, -0.15) is 0 Å². The fourth-order valence-corrected chi connectivity index (χ4v) is 0.947. The third-order valence-corrected chi connectivity index (χ3v) is 1.63. The Hall–Kier alpha value is -1.12. The maximum atomic E-state index is 13.0. The summed E-state index contributed by atoms with van der Waals surface area (Å²) in [6, 6.07) is 3.39. The van der Waals surface area contributed by atoms with E-state index < -0.39 is 11.6 Å². The van der Waals surface area contributed by atoms with Crippen LogP contribution < -0.4 is 5.32 Å². The summed E-state index contributed by atoms with van der Waals surface area (Å²) in [7, 11) is 0. The van der Waals surface area contributed by atoms with Gasteiger partial charge in [0.15, 0.2) is 0 Å². The van der Waals surface area contributed by atoms with Crippen LogP contribution in [-0.4, -0.2) is 6.54 Å². The van der Waals surface area contributed by atoms with E-state index in [9.17, 15) is 8.78 Å². The highest BCUT2D eigenvalue weighted by molar-refractivity contribution is 5.44. The van der Waals surface area contributed by atoms with Gasteiger partial charge in [0, 0.05) is 6.54 Å². The highest BCUT2D eigenvalue weighted by Crippen LogP contribution is 2.15. The first-order valence-electron chi connectivity index (χ1n) is 5.28. The van der Waals surface area contributed by atoms with Crippen molar-refractivity contribution in [3.8, 4) is 0 Å². The summed E-state index contributed by atoms with van der Waals surface area (Å²) in [5.41, 5.74) is 0.230. The minimum absolute atomic E-state index is 0.230. The van der Waals surface area contributed by atoms with Gasteiger partial charge in [-0.25, -0.2) is 8.78 Å². The second-order valence-electron chi connectivity index (χ2n) is 3.40. The van der Waals surface area contributed by atoms with Crippen molar-refractivity contribution >= 4 is 5.69 Å². The predicted octanol–water partition coefficient (Wildman–Crippen LogP) is 4.06. The van der Waals surface area contributed by atoms with Gasteiger partial charge in [0.2, 0.25) is 0 Å². The summed E-state index contributed by atoms with van der Waals surface area (Å²) in [6.07, 6.45) is 0. The number of halogens is 2. The Bertz CT molecular complexity index is 285. The van der Waals surface area contributed by atoms with Crippen LogP contribution in [0.2, 0.25) is 0 Å². The van der Waals surface area contributed by atoms with Crippen molar-refractivity contribution in [1.82, 2.24) is 0 Å². The van der Waals surface area contributed by atoms with Crippen LogP contribution in [0, 0.1) is 17.6 Å². The van der Waals surface area contributed by atoms with Crippen LogP contribution in [0.3, 0.4) is 0 Å². The zero-order chi connectivity index (χ0) is 11.8. The van der Waals surface area contributed by atoms with Gasteiger partial charge in [0.05, 0.1) is 5.69 Å². The lowest BCUT2D eigenvalue weighted by atomic mass is 10.2. The third-order valence-electron chi connectivity index (χ3n) is 1.63. The van der Waals surface area contributed by atoms with E-state index in [-0.39, 0.29) is 5.69 Å². The minimum atomic E-state index is -0.423. The minimum Gasteiger partial charge on any atom is -0.382 e. The highest BCUT2D eigenvalue weighted by atomic mass is 19.1. The number of hydrogen-bond acceptors (Lipinski definition) is 1. The molecule has 0 aliphatic heterocycles. The molecule has 1 nitrogen and oxygen atoms in total. The summed E-state index contributed by atoms with van der Waals surface area (Å²) in [5.74, 6) is -0.433. The van der Waals surface area contributed by atoms with Crippen LogP contribution in [0.1, 0.15) is 27.7 Å². The Morgan fingerprint density at radius 2 is 1.80 bits per heavy atom. The molecule has 0 fully saturated rings. The van der Waals surface area contributed by atoms with E-state index in [0.717, 1.165) is 18.2 Å². The van der Waals surface area contributed by atoms with Gasteiger partial charge in [0.25, 0.3) is 0 Å². The zero-order valence-electron chi connectivity index (χ0n) is 9.77. The van der Waals surface area contributed by atoms with Crippen LogP contribution in [0.15, 0.2) is 18.2 Å². The van der Waals surface area contributed by atoms with E-state index in [0.29, 0.717) is 12.5 Å². The van der Waals surface area contributed by atoms with Crippen LogP contribution in [-0.2, 0) is 0 Å². The second kappa shape index (κ2) is 7.21. The van der Waals surface area contributed by atoms with Crippen molar-refractivity contribution in [1.29, 1.82) is 0 Å². The molecule has 0 unspecified atom stereocenters. The first-order valence-corrected chi connectivity index (χ1v) is 5.28. The largest absolute Gasteiger partial charge is 0.382 e. The quantitative estimate of drug-likeness (QED) is 0.801. The van der Waals surface area contributed by atoms with Gasteiger partial charge in [-0.3, -0.25) is 0 Å².